The predicted octanol–water partition coefficient (Wildman–Crippen LogP) is 8.61. The summed E-state index contributed by atoms with van der Waals surface area (Å²) in [5.74, 6) is -0.256. The molecule has 0 aliphatic carbocycles. The summed E-state index contributed by atoms with van der Waals surface area (Å²) in [6.45, 7) is 2.67. The van der Waals surface area contributed by atoms with Crippen molar-refractivity contribution in [3.8, 4) is 0 Å². The van der Waals surface area contributed by atoms with Crippen LogP contribution in [0.25, 0.3) is 0 Å². The maximum Gasteiger partial charge on any atom is 0.220 e. The highest BCUT2D eigenvalue weighted by Crippen LogP contribution is 2.30. The SMILES string of the molecule is CCCC/C=C/CC/C=C/C(O)C(COC1OC(CO)C(OC2OC(CO)C(O)C(O)C2O)C(O)C1O)NC(=O)CCCCCCCCCCCCCCCC/C=C\C/C=C\C/C=C\CCCCCCC. The number of nitrogens with one attached hydrogen (secondary N) is 1. The van der Waals surface area contributed by atoms with Crippen molar-refractivity contribution in [1.82, 2.24) is 5.32 Å². The second-order valence-electron chi connectivity index (χ2n) is 19.7. The van der Waals surface area contributed by atoms with Crippen LogP contribution in [0.15, 0.2) is 60.8 Å². The predicted molar refractivity (Wildman–Crippen MR) is 281 cm³/mol. The van der Waals surface area contributed by atoms with E-state index in [1.54, 1.807) is 6.08 Å². The fourth-order valence-corrected chi connectivity index (χ4v) is 8.83. The maximum atomic E-state index is 13.2. The zero-order valence-corrected chi connectivity index (χ0v) is 43.9. The molecule has 2 rings (SSSR count). The van der Waals surface area contributed by atoms with E-state index in [2.05, 4.69) is 67.8 Å². The van der Waals surface area contributed by atoms with Gasteiger partial charge in [-0.05, 0) is 64.2 Å². The topological polar surface area (TPSA) is 228 Å². The van der Waals surface area contributed by atoms with Crippen LogP contribution in [0.1, 0.15) is 200 Å². The van der Waals surface area contributed by atoms with Crippen molar-refractivity contribution < 1.29 is 64.6 Å². The van der Waals surface area contributed by atoms with Gasteiger partial charge in [0.15, 0.2) is 12.6 Å². The summed E-state index contributed by atoms with van der Waals surface area (Å²) in [5.41, 5.74) is 0. The van der Waals surface area contributed by atoms with Crippen LogP contribution in [-0.2, 0) is 23.7 Å². The minimum atomic E-state index is -1.79. The standard InChI is InChI=1S/C57H101NO13/c1-3-5-7-9-11-13-14-15-16-17-18-19-20-21-22-23-24-25-26-27-28-29-30-31-32-33-35-37-39-41-49(62)58-45(46(61)40-38-36-34-12-10-8-6-4-2)44-68-56-54(67)52(65)55(48(43-60)70-56)71-57-53(66)51(64)50(63)47(42-59)69-57/h10,12,14-15,17-18,20-21,38,40,45-48,50-57,59-61,63-67H,3-9,11,13,16,19,22-37,39,41-44H2,1-2H3,(H,58,62)/b12-10+,15-14-,18-17-,21-20-,40-38+. The normalized spacial score (nSPS) is 26.2. The first kappa shape index (κ1) is 64.8. The smallest absolute Gasteiger partial charge is 0.220 e. The summed E-state index contributed by atoms with van der Waals surface area (Å²) in [6, 6.07) is -0.931. The van der Waals surface area contributed by atoms with E-state index in [4.69, 9.17) is 18.9 Å². The van der Waals surface area contributed by atoms with Gasteiger partial charge in [0.05, 0.1) is 32.0 Å². The lowest BCUT2D eigenvalue weighted by molar-refractivity contribution is -0.359. The summed E-state index contributed by atoms with van der Waals surface area (Å²) >= 11 is 0. The molecule has 412 valence electrons. The van der Waals surface area contributed by atoms with Gasteiger partial charge in [-0.1, -0.05) is 190 Å². The molecule has 2 aliphatic heterocycles. The molecule has 1 amide bonds. The van der Waals surface area contributed by atoms with Gasteiger partial charge in [-0.25, -0.2) is 0 Å². The van der Waals surface area contributed by atoms with Crippen molar-refractivity contribution in [3.63, 3.8) is 0 Å². The van der Waals surface area contributed by atoms with Gasteiger partial charge in [0.2, 0.25) is 5.91 Å². The van der Waals surface area contributed by atoms with Crippen LogP contribution in [0.4, 0.5) is 0 Å². The Labute approximate surface area is 428 Å². The van der Waals surface area contributed by atoms with Gasteiger partial charge in [0.1, 0.15) is 48.8 Å². The number of hydrogen-bond acceptors (Lipinski definition) is 13. The number of unbranched alkanes of at least 4 members (excludes halogenated alkanes) is 22. The second kappa shape index (κ2) is 43.0. The summed E-state index contributed by atoms with van der Waals surface area (Å²) in [6.07, 6.45) is 37.3. The number of ether oxygens (including phenoxy) is 4. The Hall–Kier alpha value is -2.31. The molecule has 0 aromatic rings. The van der Waals surface area contributed by atoms with Crippen LogP contribution in [0, 0.1) is 0 Å². The van der Waals surface area contributed by atoms with Crippen molar-refractivity contribution in [2.24, 2.45) is 0 Å². The van der Waals surface area contributed by atoms with E-state index in [1.165, 1.54) is 109 Å². The van der Waals surface area contributed by atoms with E-state index in [-0.39, 0.29) is 18.9 Å². The fraction of sp³-hybridized carbons (Fsp3) is 0.807. The van der Waals surface area contributed by atoms with Gasteiger partial charge in [-0.15, -0.1) is 0 Å². The van der Waals surface area contributed by atoms with Gasteiger partial charge >= 0.3 is 0 Å². The molecule has 0 aromatic carbocycles. The zero-order valence-electron chi connectivity index (χ0n) is 43.9. The number of carbonyl (C=O) groups excluding carboxylic acids is 1. The first-order valence-corrected chi connectivity index (χ1v) is 28.0. The third-order valence-electron chi connectivity index (χ3n) is 13.4. The van der Waals surface area contributed by atoms with Crippen molar-refractivity contribution in [2.45, 2.75) is 274 Å². The zero-order chi connectivity index (χ0) is 51.7. The maximum absolute atomic E-state index is 13.2. The van der Waals surface area contributed by atoms with E-state index in [9.17, 15) is 45.6 Å². The Morgan fingerprint density at radius 2 is 0.958 bits per heavy atom. The summed E-state index contributed by atoms with van der Waals surface area (Å²) in [5, 5.41) is 86.6. The summed E-state index contributed by atoms with van der Waals surface area (Å²) in [7, 11) is 0. The number of carbonyl (C=O) groups is 1. The quantitative estimate of drug-likeness (QED) is 0.0206. The lowest BCUT2D eigenvalue weighted by Crippen LogP contribution is -2.65. The number of allylic oxidation sites excluding steroid dienone is 9. The minimum Gasteiger partial charge on any atom is -0.394 e. The highest BCUT2D eigenvalue weighted by Gasteiger charge is 2.51. The Morgan fingerprint density at radius 3 is 1.52 bits per heavy atom. The van der Waals surface area contributed by atoms with Gasteiger partial charge in [-0.3, -0.25) is 4.79 Å². The highest BCUT2D eigenvalue weighted by molar-refractivity contribution is 5.76. The lowest BCUT2D eigenvalue weighted by atomic mass is 9.97. The molecule has 12 unspecified atom stereocenters. The third kappa shape index (κ3) is 29.4. The van der Waals surface area contributed by atoms with Gasteiger partial charge in [0.25, 0.3) is 0 Å². The second-order valence-corrected chi connectivity index (χ2v) is 19.7. The molecule has 2 heterocycles. The Morgan fingerprint density at radius 1 is 0.507 bits per heavy atom. The van der Waals surface area contributed by atoms with Crippen LogP contribution in [0.5, 0.6) is 0 Å². The van der Waals surface area contributed by atoms with Crippen LogP contribution >= 0.6 is 0 Å². The monoisotopic (exact) mass is 1010 g/mol. The molecule has 0 saturated carbocycles. The molecule has 12 atom stereocenters. The molecule has 0 bridgehead atoms. The van der Waals surface area contributed by atoms with E-state index >= 15 is 0 Å². The van der Waals surface area contributed by atoms with Crippen molar-refractivity contribution in [2.75, 3.05) is 19.8 Å². The Kier molecular flexibility index (Phi) is 39.2. The molecule has 2 fully saturated rings. The van der Waals surface area contributed by atoms with Crippen molar-refractivity contribution in [3.05, 3.63) is 60.8 Å². The molecular weight excluding hydrogens is 907 g/mol. The average Bonchev–Trinajstić information content (AvgIpc) is 3.37. The van der Waals surface area contributed by atoms with Crippen LogP contribution < -0.4 is 5.32 Å². The molecule has 14 nitrogen and oxygen atoms in total. The number of aliphatic hydroxyl groups excluding tert-OH is 8. The molecule has 0 spiro atoms. The Bertz CT molecular complexity index is 1420. The Balaban J connectivity index is 1.65. The molecule has 71 heavy (non-hydrogen) atoms. The van der Waals surface area contributed by atoms with Crippen LogP contribution in [-0.4, -0.2) is 140 Å². The number of rotatable bonds is 43. The number of amides is 1. The van der Waals surface area contributed by atoms with Gasteiger partial charge in [0, 0.05) is 6.42 Å². The van der Waals surface area contributed by atoms with E-state index in [0.29, 0.717) is 12.8 Å². The van der Waals surface area contributed by atoms with Crippen LogP contribution in [0.2, 0.25) is 0 Å². The third-order valence-corrected chi connectivity index (χ3v) is 13.4. The largest absolute Gasteiger partial charge is 0.394 e. The van der Waals surface area contributed by atoms with Crippen molar-refractivity contribution >= 4 is 5.91 Å². The van der Waals surface area contributed by atoms with Gasteiger partial charge in [-0.2, -0.15) is 0 Å². The molecular formula is C57H101NO13. The van der Waals surface area contributed by atoms with Crippen molar-refractivity contribution in [1.29, 1.82) is 0 Å². The number of hydrogen-bond donors (Lipinski definition) is 9. The first-order chi connectivity index (χ1) is 34.6. The average molecular weight is 1010 g/mol. The molecule has 14 heteroatoms. The summed E-state index contributed by atoms with van der Waals surface area (Å²) in [4.78, 5) is 13.2. The van der Waals surface area contributed by atoms with E-state index < -0.39 is 86.8 Å². The fourth-order valence-electron chi connectivity index (χ4n) is 8.83. The molecule has 2 saturated heterocycles. The minimum absolute atomic E-state index is 0.256. The van der Waals surface area contributed by atoms with Gasteiger partial charge < -0.3 is 65.1 Å². The molecule has 0 radical (unpaired) electrons. The van der Waals surface area contributed by atoms with E-state index in [0.717, 1.165) is 57.8 Å². The van der Waals surface area contributed by atoms with E-state index in [1.807, 2.05) is 6.08 Å². The highest BCUT2D eigenvalue weighted by atomic mass is 16.7. The molecule has 9 N–H and O–H groups in total. The summed E-state index contributed by atoms with van der Waals surface area (Å²) < 4.78 is 22.6. The molecule has 2 aliphatic rings. The first-order valence-electron chi connectivity index (χ1n) is 28.0. The molecule has 0 aromatic heterocycles. The lowest BCUT2D eigenvalue weighted by Gasteiger charge is -2.46. The number of aliphatic hydroxyl groups is 8. The van der Waals surface area contributed by atoms with Crippen LogP contribution in [0.3, 0.4) is 0 Å².